The van der Waals surface area contributed by atoms with Gasteiger partial charge in [0.25, 0.3) is 0 Å². The number of nitrogens with zero attached hydrogens (tertiary/aromatic N) is 4. The minimum Gasteiger partial charge on any atom is -0.378 e. The fraction of sp³-hybridized carbons (Fsp3) is 0.258. The largest absolute Gasteiger partial charge is 0.378 e. The molecule has 7 nitrogen and oxygen atoms in total. The third-order valence-corrected chi connectivity index (χ3v) is 7.67. The van der Waals surface area contributed by atoms with E-state index in [0.29, 0.717) is 17.3 Å². The summed E-state index contributed by atoms with van der Waals surface area (Å²) in [5.41, 5.74) is 6.99. The van der Waals surface area contributed by atoms with E-state index in [9.17, 15) is 9.18 Å². The topological polar surface area (TPSA) is 65.4 Å². The predicted octanol–water partition coefficient (Wildman–Crippen LogP) is 5.70. The molecule has 2 atom stereocenters. The molecule has 1 aliphatic rings. The van der Waals surface area contributed by atoms with Gasteiger partial charge in [0.05, 0.1) is 17.8 Å². The highest BCUT2D eigenvalue weighted by molar-refractivity contribution is 7.80. The van der Waals surface area contributed by atoms with E-state index in [1.54, 1.807) is 18.3 Å². The van der Waals surface area contributed by atoms with Crippen molar-refractivity contribution in [1.29, 1.82) is 0 Å². The number of thiocarbonyl (C=S) groups is 1. The molecule has 2 aromatic carbocycles. The van der Waals surface area contributed by atoms with Crippen LogP contribution in [-0.2, 0) is 4.79 Å². The van der Waals surface area contributed by atoms with Crippen LogP contribution in [0, 0.1) is 19.7 Å². The average Bonchev–Trinajstić information content (AvgIpc) is 3.43. The molecule has 5 rings (SSSR count). The minimum absolute atomic E-state index is 0.165. The van der Waals surface area contributed by atoms with E-state index in [1.807, 2.05) is 32.3 Å². The van der Waals surface area contributed by atoms with Gasteiger partial charge in [-0.25, -0.2) is 4.39 Å². The van der Waals surface area contributed by atoms with Crippen LogP contribution in [0.15, 0.2) is 79.0 Å². The molecule has 9 heteroatoms. The zero-order chi connectivity index (χ0) is 28.4. The fourth-order valence-electron chi connectivity index (χ4n) is 5.35. The zero-order valence-electron chi connectivity index (χ0n) is 23.1. The number of hydrogen-bond acceptors (Lipinski definition) is 4. The number of rotatable bonds is 8. The Morgan fingerprint density at radius 3 is 2.45 bits per heavy atom. The van der Waals surface area contributed by atoms with Crippen LogP contribution >= 0.6 is 12.2 Å². The Balaban J connectivity index is 1.46. The Kier molecular flexibility index (Phi) is 7.84. The van der Waals surface area contributed by atoms with Crippen LogP contribution in [0.3, 0.4) is 0 Å². The Bertz CT molecular complexity index is 1500. The maximum absolute atomic E-state index is 13.3. The first-order chi connectivity index (χ1) is 19.2. The van der Waals surface area contributed by atoms with Gasteiger partial charge >= 0.3 is 0 Å². The van der Waals surface area contributed by atoms with E-state index in [2.05, 4.69) is 74.2 Å². The number of aromatic nitrogens is 2. The average molecular weight is 557 g/mol. The summed E-state index contributed by atoms with van der Waals surface area (Å²) in [5, 5.41) is 6.90. The summed E-state index contributed by atoms with van der Waals surface area (Å²) in [6, 6.07) is 22.0. The number of carbonyl (C=O) groups is 1. The van der Waals surface area contributed by atoms with Crippen molar-refractivity contribution in [2.75, 3.05) is 30.9 Å². The van der Waals surface area contributed by atoms with Gasteiger partial charge in [-0.2, -0.15) is 0 Å². The second-order valence-corrected chi connectivity index (χ2v) is 10.6. The Morgan fingerprint density at radius 1 is 1.07 bits per heavy atom. The number of benzene rings is 2. The van der Waals surface area contributed by atoms with Crippen molar-refractivity contribution in [3.8, 4) is 5.69 Å². The molecule has 206 valence electrons. The number of nitrogens with one attached hydrogen (secondary N) is 2. The van der Waals surface area contributed by atoms with Gasteiger partial charge in [-0.05, 0) is 98.4 Å². The smallest absolute Gasteiger partial charge is 0.226 e. The van der Waals surface area contributed by atoms with Gasteiger partial charge in [-0.3, -0.25) is 9.78 Å². The van der Waals surface area contributed by atoms with Crippen molar-refractivity contribution < 1.29 is 9.18 Å². The number of amides is 1. The molecule has 0 bridgehead atoms. The van der Waals surface area contributed by atoms with E-state index in [1.165, 1.54) is 12.1 Å². The van der Waals surface area contributed by atoms with Crippen molar-refractivity contribution in [3.05, 3.63) is 107 Å². The monoisotopic (exact) mass is 556 g/mol. The van der Waals surface area contributed by atoms with Crippen molar-refractivity contribution in [3.63, 3.8) is 0 Å². The Labute approximate surface area is 239 Å². The molecular weight excluding hydrogens is 523 g/mol. The van der Waals surface area contributed by atoms with Gasteiger partial charge in [-0.1, -0.05) is 6.07 Å². The Morgan fingerprint density at radius 2 is 1.80 bits per heavy atom. The summed E-state index contributed by atoms with van der Waals surface area (Å²) in [7, 11) is 4.06. The quantitative estimate of drug-likeness (QED) is 0.272. The molecule has 2 aromatic heterocycles. The number of aryl methyl sites for hydroxylation is 1. The summed E-state index contributed by atoms with van der Waals surface area (Å²) in [4.78, 5) is 21.6. The fourth-order valence-corrected chi connectivity index (χ4v) is 5.68. The summed E-state index contributed by atoms with van der Waals surface area (Å²) in [5.74, 6) is -0.512. The number of carbonyl (C=O) groups excluding carboxylic acids is 1. The van der Waals surface area contributed by atoms with Crippen molar-refractivity contribution in [2.24, 2.45) is 0 Å². The van der Waals surface area contributed by atoms with Crippen LogP contribution in [0.4, 0.5) is 15.8 Å². The molecule has 40 heavy (non-hydrogen) atoms. The van der Waals surface area contributed by atoms with Crippen LogP contribution < -0.4 is 15.5 Å². The van der Waals surface area contributed by atoms with Crippen LogP contribution in [-0.4, -0.2) is 46.1 Å². The standard InChI is InChI=1S/C31H33FN6OS/c1-20-19-26(21(2)38(20)25-14-12-24(13-15-25)36(3)4)30-29(27-7-5-6-17-33-27)35-31(40)37(30)18-16-28(39)34-23-10-8-22(32)9-11-23/h5-15,17,19,29-30H,16,18H2,1-4H3,(H,34,39)(H,35,40)/t29-,30+/m0/s1. The molecule has 1 fully saturated rings. The lowest BCUT2D eigenvalue weighted by molar-refractivity contribution is -0.116. The van der Waals surface area contributed by atoms with Gasteiger partial charge < -0.3 is 25.0 Å². The lowest BCUT2D eigenvalue weighted by Gasteiger charge is -2.28. The molecule has 0 radical (unpaired) electrons. The number of pyridine rings is 1. The lowest BCUT2D eigenvalue weighted by atomic mass is 9.96. The number of anilines is 2. The van der Waals surface area contributed by atoms with Crippen molar-refractivity contribution in [1.82, 2.24) is 19.8 Å². The maximum atomic E-state index is 13.3. The predicted molar refractivity (Wildman–Crippen MR) is 161 cm³/mol. The van der Waals surface area contributed by atoms with Gasteiger partial charge in [0.15, 0.2) is 5.11 Å². The third kappa shape index (κ3) is 5.56. The first-order valence-electron chi connectivity index (χ1n) is 13.2. The molecule has 0 unspecified atom stereocenters. The van der Waals surface area contributed by atoms with Crippen LogP contribution in [0.1, 0.15) is 41.1 Å². The molecule has 0 spiro atoms. The van der Waals surface area contributed by atoms with Crippen molar-refractivity contribution >= 4 is 34.6 Å². The molecule has 0 saturated carbocycles. The van der Waals surface area contributed by atoms with Crippen LogP contribution in [0.25, 0.3) is 5.69 Å². The second kappa shape index (κ2) is 11.5. The van der Waals surface area contributed by atoms with Crippen LogP contribution in [0.2, 0.25) is 0 Å². The maximum Gasteiger partial charge on any atom is 0.226 e. The molecule has 0 aliphatic carbocycles. The molecule has 2 N–H and O–H groups in total. The summed E-state index contributed by atoms with van der Waals surface area (Å²) >= 11 is 5.81. The number of halogens is 1. The molecule has 1 saturated heterocycles. The van der Waals surface area contributed by atoms with E-state index in [0.717, 1.165) is 34.0 Å². The Hall–Kier alpha value is -4.24. The zero-order valence-corrected chi connectivity index (χ0v) is 23.9. The summed E-state index contributed by atoms with van der Waals surface area (Å²) < 4.78 is 15.5. The molecule has 4 aromatic rings. The first-order valence-corrected chi connectivity index (χ1v) is 13.6. The van der Waals surface area contributed by atoms with E-state index >= 15 is 0 Å². The summed E-state index contributed by atoms with van der Waals surface area (Å²) in [6.07, 6.45) is 2.00. The number of hydrogen-bond donors (Lipinski definition) is 2. The van der Waals surface area contributed by atoms with E-state index < -0.39 is 0 Å². The van der Waals surface area contributed by atoms with Gasteiger partial charge in [0.2, 0.25) is 5.91 Å². The summed E-state index contributed by atoms with van der Waals surface area (Å²) in [6.45, 7) is 4.64. The molecule has 3 heterocycles. The molecular formula is C31H33FN6OS. The highest BCUT2D eigenvalue weighted by atomic mass is 32.1. The van der Waals surface area contributed by atoms with E-state index in [-0.39, 0.29) is 30.2 Å². The third-order valence-electron chi connectivity index (χ3n) is 7.32. The first kappa shape index (κ1) is 27.3. The second-order valence-electron chi connectivity index (χ2n) is 10.2. The van der Waals surface area contributed by atoms with Gasteiger partial charge in [0, 0.05) is 61.7 Å². The molecule has 1 amide bonds. The highest BCUT2D eigenvalue weighted by Crippen LogP contribution is 2.41. The molecule has 1 aliphatic heterocycles. The van der Waals surface area contributed by atoms with Crippen molar-refractivity contribution in [2.45, 2.75) is 32.4 Å². The lowest BCUT2D eigenvalue weighted by Crippen LogP contribution is -2.32. The van der Waals surface area contributed by atoms with E-state index in [4.69, 9.17) is 12.2 Å². The highest BCUT2D eigenvalue weighted by Gasteiger charge is 2.41. The SMILES string of the molecule is Cc1cc([C@@H]2[C@H](c3ccccn3)NC(=S)N2CCC(=O)Nc2ccc(F)cc2)c(C)n1-c1ccc(N(C)C)cc1. The van der Waals surface area contributed by atoms with Gasteiger partial charge in [-0.15, -0.1) is 0 Å². The normalized spacial score (nSPS) is 16.6. The minimum atomic E-state index is -0.346. The van der Waals surface area contributed by atoms with Gasteiger partial charge in [0.1, 0.15) is 5.82 Å². The van der Waals surface area contributed by atoms with Crippen LogP contribution in [0.5, 0.6) is 0 Å².